The van der Waals surface area contributed by atoms with Gasteiger partial charge in [0.15, 0.2) is 0 Å². The fourth-order valence-corrected chi connectivity index (χ4v) is 2.70. The molecular formula is C18H21N5O2. The summed E-state index contributed by atoms with van der Waals surface area (Å²) in [6.45, 7) is 4.20. The van der Waals surface area contributed by atoms with Gasteiger partial charge in [-0.1, -0.05) is 18.2 Å². The normalized spacial score (nSPS) is 10.8. The van der Waals surface area contributed by atoms with Crippen LogP contribution < -0.4 is 5.32 Å². The monoisotopic (exact) mass is 339 g/mol. The number of aryl methyl sites for hydroxylation is 2. The second-order valence-electron chi connectivity index (χ2n) is 5.92. The van der Waals surface area contributed by atoms with Crippen LogP contribution in [0, 0.1) is 13.8 Å². The molecule has 25 heavy (non-hydrogen) atoms. The van der Waals surface area contributed by atoms with Gasteiger partial charge in [0.25, 0.3) is 0 Å². The molecule has 1 aromatic carbocycles. The van der Waals surface area contributed by atoms with Crippen LogP contribution >= 0.6 is 0 Å². The van der Waals surface area contributed by atoms with E-state index < -0.39 is 0 Å². The Hall–Kier alpha value is -2.96. The maximum atomic E-state index is 12.1. The molecular weight excluding hydrogens is 318 g/mol. The van der Waals surface area contributed by atoms with Crippen LogP contribution in [0.3, 0.4) is 0 Å². The van der Waals surface area contributed by atoms with Crippen molar-refractivity contribution in [2.24, 2.45) is 7.05 Å². The lowest BCUT2D eigenvalue weighted by atomic mass is 10.1. The highest BCUT2D eigenvalue weighted by atomic mass is 16.4. The molecule has 0 spiro atoms. The van der Waals surface area contributed by atoms with E-state index in [1.807, 2.05) is 55.9 Å². The number of rotatable bonds is 6. The average Bonchev–Trinajstić information content (AvgIpc) is 3.18. The maximum absolute atomic E-state index is 12.1. The molecule has 2 heterocycles. The first-order chi connectivity index (χ1) is 12.0. The molecule has 3 rings (SSSR count). The van der Waals surface area contributed by atoms with Gasteiger partial charge in [-0.2, -0.15) is 5.10 Å². The molecule has 0 saturated carbocycles. The standard InChI is InChI=1S/C18H21N5O2/c1-12-15(13(2)23(3)22-12)9-10-16(24)19-11-17-20-21-18(25-17)14-7-5-4-6-8-14/h4-8H,9-11H2,1-3H3,(H,19,24). The predicted octanol–water partition coefficient (Wildman–Crippen LogP) is 2.34. The molecule has 7 heteroatoms. The quantitative estimate of drug-likeness (QED) is 0.745. The molecule has 0 atom stereocenters. The summed E-state index contributed by atoms with van der Waals surface area (Å²) < 4.78 is 7.41. The first-order valence-corrected chi connectivity index (χ1v) is 8.18. The van der Waals surface area contributed by atoms with Crippen LogP contribution in [0.5, 0.6) is 0 Å². The average molecular weight is 339 g/mol. The number of nitrogens with zero attached hydrogens (tertiary/aromatic N) is 4. The summed E-state index contributed by atoms with van der Waals surface area (Å²) in [5.41, 5.74) is 4.05. The number of carbonyl (C=O) groups excluding carboxylic acids is 1. The summed E-state index contributed by atoms with van der Waals surface area (Å²) in [7, 11) is 1.91. The van der Waals surface area contributed by atoms with Crippen molar-refractivity contribution in [2.45, 2.75) is 33.2 Å². The molecule has 0 saturated heterocycles. The molecule has 0 radical (unpaired) electrons. The van der Waals surface area contributed by atoms with Crippen LogP contribution in [0.4, 0.5) is 0 Å². The van der Waals surface area contributed by atoms with Crippen molar-refractivity contribution in [2.75, 3.05) is 0 Å². The lowest BCUT2D eigenvalue weighted by Crippen LogP contribution is -2.23. The number of nitrogens with one attached hydrogen (secondary N) is 1. The van der Waals surface area contributed by atoms with Crippen molar-refractivity contribution in [1.29, 1.82) is 0 Å². The van der Waals surface area contributed by atoms with E-state index in [-0.39, 0.29) is 12.5 Å². The zero-order valence-corrected chi connectivity index (χ0v) is 14.6. The summed E-state index contributed by atoms with van der Waals surface area (Å²) in [6, 6.07) is 9.53. The van der Waals surface area contributed by atoms with Crippen LogP contribution in [0.15, 0.2) is 34.7 Å². The number of amides is 1. The van der Waals surface area contributed by atoms with Gasteiger partial charge in [0.2, 0.25) is 17.7 Å². The van der Waals surface area contributed by atoms with E-state index in [9.17, 15) is 4.79 Å². The van der Waals surface area contributed by atoms with E-state index in [0.717, 1.165) is 22.5 Å². The number of benzene rings is 1. The predicted molar refractivity (Wildman–Crippen MR) is 92.6 cm³/mol. The van der Waals surface area contributed by atoms with Crippen molar-refractivity contribution < 1.29 is 9.21 Å². The minimum atomic E-state index is -0.0536. The van der Waals surface area contributed by atoms with Gasteiger partial charge in [0.05, 0.1) is 12.2 Å². The molecule has 1 amide bonds. The van der Waals surface area contributed by atoms with Crippen LogP contribution in [0.2, 0.25) is 0 Å². The summed E-state index contributed by atoms with van der Waals surface area (Å²) in [5, 5.41) is 15.2. The van der Waals surface area contributed by atoms with Crippen molar-refractivity contribution in [1.82, 2.24) is 25.3 Å². The van der Waals surface area contributed by atoms with Crippen LogP contribution in [-0.4, -0.2) is 25.9 Å². The minimum Gasteiger partial charge on any atom is -0.419 e. The molecule has 0 fully saturated rings. The van der Waals surface area contributed by atoms with Gasteiger partial charge in [-0.25, -0.2) is 0 Å². The van der Waals surface area contributed by atoms with E-state index >= 15 is 0 Å². The Kier molecular flexibility index (Phi) is 4.92. The van der Waals surface area contributed by atoms with Gasteiger partial charge in [-0.15, -0.1) is 10.2 Å². The van der Waals surface area contributed by atoms with E-state index in [2.05, 4.69) is 20.6 Å². The van der Waals surface area contributed by atoms with E-state index in [0.29, 0.717) is 24.6 Å². The van der Waals surface area contributed by atoms with E-state index in [1.54, 1.807) is 0 Å². The Morgan fingerprint density at radius 2 is 1.96 bits per heavy atom. The molecule has 0 bridgehead atoms. The summed E-state index contributed by atoms with van der Waals surface area (Å²) in [4.78, 5) is 12.1. The summed E-state index contributed by atoms with van der Waals surface area (Å²) in [5.74, 6) is 0.787. The van der Waals surface area contributed by atoms with Crippen LogP contribution in [-0.2, 0) is 24.8 Å². The molecule has 0 aliphatic carbocycles. The van der Waals surface area contributed by atoms with E-state index in [1.165, 1.54) is 0 Å². The molecule has 7 nitrogen and oxygen atoms in total. The first-order valence-electron chi connectivity index (χ1n) is 8.18. The zero-order valence-electron chi connectivity index (χ0n) is 14.6. The fourth-order valence-electron chi connectivity index (χ4n) is 2.70. The zero-order chi connectivity index (χ0) is 17.8. The van der Waals surface area contributed by atoms with Crippen molar-refractivity contribution in [3.8, 4) is 11.5 Å². The summed E-state index contributed by atoms with van der Waals surface area (Å²) in [6.07, 6.45) is 1.06. The molecule has 3 aromatic rings. The van der Waals surface area contributed by atoms with E-state index in [4.69, 9.17) is 4.42 Å². The first kappa shape index (κ1) is 16.9. The van der Waals surface area contributed by atoms with Gasteiger partial charge in [0, 0.05) is 24.7 Å². The van der Waals surface area contributed by atoms with Crippen molar-refractivity contribution in [3.63, 3.8) is 0 Å². The smallest absolute Gasteiger partial charge is 0.247 e. The Labute approximate surface area is 146 Å². The van der Waals surface area contributed by atoms with Crippen molar-refractivity contribution in [3.05, 3.63) is 53.2 Å². The second kappa shape index (κ2) is 7.29. The third-order valence-electron chi connectivity index (χ3n) is 4.19. The lowest BCUT2D eigenvalue weighted by Gasteiger charge is -2.03. The van der Waals surface area contributed by atoms with Gasteiger partial charge in [-0.3, -0.25) is 9.48 Å². The van der Waals surface area contributed by atoms with Gasteiger partial charge in [-0.05, 0) is 38.0 Å². The SMILES string of the molecule is Cc1nn(C)c(C)c1CCC(=O)NCc1nnc(-c2ccccc2)o1. The summed E-state index contributed by atoms with van der Waals surface area (Å²) >= 11 is 0. The fraction of sp³-hybridized carbons (Fsp3) is 0.333. The minimum absolute atomic E-state index is 0.0536. The molecule has 0 aliphatic heterocycles. The third-order valence-corrected chi connectivity index (χ3v) is 4.19. The Morgan fingerprint density at radius 3 is 2.64 bits per heavy atom. The maximum Gasteiger partial charge on any atom is 0.247 e. The second-order valence-corrected chi connectivity index (χ2v) is 5.92. The highest BCUT2D eigenvalue weighted by molar-refractivity contribution is 5.76. The molecule has 130 valence electrons. The molecule has 0 unspecified atom stereocenters. The topological polar surface area (TPSA) is 85.8 Å². The molecule has 0 aliphatic rings. The highest BCUT2D eigenvalue weighted by Gasteiger charge is 2.13. The Balaban J connectivity index is 1.52. The van der Waals surface area contributed by atoms with Crippen LogP contribution in [0.25, 0.3) is 11.5 Å². The number of hydrogen-bond acceptors (Lipinski definition) is 5. The third kappa shape index (κ3) is 3.93. The van der Waals surface area contributed by atoms with Gasteiger partial charge >= 0.3 is 0 Å². The largest absolute Gasteiger partial charge is 0.419 e. The molecule has 1 N–H and O–H groups in total. The molecule has 2 aromatic heterocycles. The van der Waals surface area contributed by atoms with Crippen molar-refractivity contribution >= 4 is 5.91 Å². The number of hydrogen-bond donors (Lipinski definition) is 1. The Bertz CT molecular complexity index is 867. The van der Waals surface area contributed by atoms with Crippen LogP contribution in [0.1, 0.15) is 29.3 Å². The highest BCUT2D eigenvalue weighted by Crippen LogP contribution is 2.17. The Morgan fingerprint density at radius 1 is 1.20 bits per heavy atom. The van der Waals surface area contributed by atoms with Gasteiger partial charge in [0.1, 0.15) is 0 Å². The lowest BCUT2D eigenvalue weighted by molar-refractivity contribution is -0.121. The number of aromatic nitrogens is 4. The number of carbonyl (C=O) groups is 1. The van der Waals surface area contributed by atoms with Gasteiger partial charge < -0.3 is 9.73 Å².